The van der Waals surface area contributed by atoms with Crippen LogP contribution in [-0.4, -0.2) is 36.5 Å². The van der Waals surface area contributed by atoms with Crippen LogP contribution in [0.4, 0.5) is 0 Å². The molecule has 24 heavy (non-hydrogen) atoms. The summed E-state index contributed by atoms with van der Waals surface area (Å²) in [6, 6.07) is 11.5. The van der Waals surface area contributed by atoms with E-state index in [1.165, 1.54) is 54.9 Å². The molecule has 1 aromatic carbocycles. The summed E-state index contributed by atoms with van der Waals surface area (Å²) in [6.45, 7) is 5.95. The number of nitrogens with zero attached hydrogens (tertiary/aromatic N) is 2. The predicted octanol–water partition coefficient (Wildman–Crippen LogP) is 4.30. The molecule has 2 aromatic rings. The van der Waals surface area contributed by atoms with Gasteiger partial charge in [0.1, 0.15) is 5.75 Å². The van der Waals surface area contributed by atoms with E-state index >= 15 is 0 Å². The van der Waals surface area contributed by atoms with E-state index in [2.05, 4.69) is 39.4 Å². The average molecular weight is 343 g/mol. The molecule has 2 saturated heterocycles. The van der Waals surface area contributed by atoms with Gasteiger partial charge in [-0.3, -0.25) is 9.80 Å². The molecule has 4 rings (SSSR count). The molecular weight excluding hydrogens is 316 g/mol. The first kappa shape index (κ1) is 16.1. The van der Waals surface area contributed by atoms with E-state index in [1.54, 1.807) is 7.11 Å². The minimum absolute atomic E-state index is 0.546. The van der Waals surface area contributed by atoms with E-state index < -0.39 is 0 Å². The number of benzene rings is 1. The Kier molecular flexibility index (Phi) is 4.88. The molecule has 2 aliphatic rings. The first-order chi connectivity index (χ1) is 11.8. The highest BCUT2D eigenvalue weighted by molar-refractivity contribution is 7.10. The van der Waals surface area contributed by atoms with Crippen LogP contribution in [-0.2, 0) is 13.1 Å². The maximum absolute atomic E-state index is 5.37. The minimum atomic E-state index is 0.546. The summed E-state index contributed by atoms with van der Waals surface area (Å²) in [6.07, 6.45) is 3.99. The van der Waals surface area contributed by atoms with Crippen LogP contribution in [0.25, 0.3) is 0 Å². The Hall–Kier alpha value is -1.36. The molecule has 3 heterocycles. The normalized spacial score (nSPS) is 21.8. The summed E-state index contributed by atoms with van der Waals surface area (Å²) < 4.78 is 5.37. The molecule has 0 amide bonds. The molecular formula is C20H26N2OS. The van der Waals surface area contributed by atoms with Gasteiger partial charge in [0.2, 0.25) is 0 Å². The van der Waals surface area contributed by atoms with Crippen molar-refractivity contribution >= 4 is 11.3 Å². The predicted molar refractivity (Wildman–Crippen MR) is 99.6 cm³/mol. The summed E-state index contributed by atoms with van der Waals surface area (Å²) in [5, 5.41) is 2.36. The average Bonchev–Trinajstić information content (AvgIpc) is 3.24. The second-order valence-electron chi connectivity index (χ2n) is 6.96. The molecule has 0 aliphatic carbocycles. The molecule has 0 saturated carbocycles. The zero-order chi connectivity index (χ0) is 16.4. The highest BCUT2D eigenvalue weighted by Gasteiger charge is 2.29. The largest absolute Gasteiger partial charge is 0.497 e. The zero-order valence-electron chi connectivity index (χ0n) is 14.4. The third-order valence-electron chi connectivity index (χ3n) is 5.28. The van der Waals surface area contributed by atoms with Crippen molar-refractivity contribution in [2.75, 3.05) is 26.7 Å². The number of methoxy groups -OCH3 is 1. The van der Waals surface area contributed by atoms with Crippen LogP contribution in [0.1, 0.15) is 41.3 Å². The number of thiophene rings is 1. The van der Waals surface area contributed by atoms with Crippen molar-refractivity contribution in [3.05, 3.63) is 51.7 Å². The van der Waals surface area contributed by atoms with Gasteiger partial charge in [-0.05, 0) is 67.1 Å². The monoisotopic (exact) mass is 342 g/mol. The molecule has 0 spiro atoms. The smallest absolute Gasteiger partial charge is 0.119 e. The van der Waals surface area contributed by atoms with Gasteiger partial charge in [0, 0.05) is 30.6 Å². The fourth-order valence-corrected chi connectivity index (χ4v) is 4.75. The molecule has 0 unspecified atom stereocenters. The first-order valence-corrected chi connectivity index (χ1v) is 9.86. The van der Waals surface area contributed by atoms with Crippen LogP contribution in [0.2, 0.25) is 0 Å². The maximum atomic E-state index is 5.37. The third-order valence-corrected chi connectivity index (χ3v) is 6.25. The van der Waals surface area contributed by atoms with E-state index in [9.17, 15) is 0 Å². The lowest BCUT2D eigenvalue weighted by molar-refractivity contribution is 0.0829. The summed E-state index contributed by atoms with van der Waals surface area (Å²) >= 11 is 1.92. The van der Waals surface area contributed by atoms with Crippen molar-refractivity contribution in [3.63, 3.8) is 0 Å². The molecule has 0 radical (unpaired) electrons. The van der Waals surface area contributed by atoms with Gasteiger partial charge in [-0.15, -0.1) is 11.3 Å². The zero-order valence-corrected chi connectivity index (χ0v) is 15.2. The lowest BCUT2D eigenvalue weighted by Crippen LogP contribution is -2.39. The van der Waals surface area contributed by atoms with Gasteiger partial charge >= 0.3 is 0 Å². The number of ether oxygens (including phenoxy) is 1. The van der Waals surface area contributed by atoms with E-state index in [1.807, 2.05) is 17.4 Å². The topological polar surface area (TPSA) is 15.7 Å². The Morgan fingerprint density at radius 2 is 2.00 bits per heavy atom. The van der Waals surface area contributed by atoms with Crippen molar-refractivity contribution < 1.29 is 4.74 Å². The molecule has 0 bridgehead atoms. The van der Waals surface area contributed by atoms with Crippen LogP contribution in [0.5, 0.6) is 5.75 Å². The Bertz CT molecular complexity index is 678. The van der Waals surface area contributed by atoms with Crippen LogP contribution in [0.3, 0.4) is 0 Å². The van der Waals surface area contributed by atoms with E-state index in [0.717, 1.165) is 18.8 Å². The Morgan fingerprint density at radius 3 is 2.75 bits per heavy atom. The van der Waals surface area contributed by atoms with Crippen molar-refractivity contribution in [2.24, 2.45) is 0 Å². The SMILES string of the molecule is COc1cccc([C@@H]2CCN2Cc2cc(CN3CCCC3)cs2)c1. The van der Waals surface area contributed by atoms with Crippen molar-refractivity contribution in [1.82, 2.24) is 9.80 Å². The highest BCUT2D eigenvalue weighted by Crippen LogP contribution is 2.36. The van der Waals surface area contributed by atoms with E-state index in [-0.39, 0.29) is 0 Å². The van der Waals surface area contributed by atoms with Gasteiger partial charge in [-0.2, -0.15) is 0 Å². The van der Waals surface area contributed by atoms with Crippen LogP contribution >= 0.6 is 11.3 Å². The number of hydrogen-bond donors (Lipinski definition) is 0. The first-order valence-electron chi connectivity index (χ1n) is 8.98. The van der Waals surface area contributed by atoms with Gasteiger partial charge in [-0.1, -0.05) is 12.1 Å². The quantitative estimate of drug-likeness (QED) is 0.778. The van der Waals surface area contributed by atoms with Gasteiger partial charge in [0.25, 0.3) is 0 Å². The highest BCUT2D eigenvalue weighted by atomic mass is 32.1. The van der Waals surface area contributed by atoms with Crippen molar-refractivity contribution in [2.45, 2.75) is 38.4 Å². The second-order valence-corrected chi connectivity index (χ2v) is 7.95. The Labute approximate surface area is 148 Å². The van der Waals surface area contributed by atoms with Gasteiger partial charge in [-0.25, -0.2) is 0 Å². The third kappa shape index (κ3) is 3.51. The molecule has 3 nitrogen and oxygen atoms in total. The molecule has 1 atom stereocenters. The number of hydrogen-bond acceptors (Lipinski definition) is 4. The number of rotatable bonds is 6. The second kappa shape index (κ2) is 7.26. The van der Waals surface area contributed by atoms with Crippen molar-refractivity contribution in [1.29, 1.82) is 0 Å². The molecule has 4 heteroatoms. The van der Waals surface area contributed by atoms with Gasteiger partial charge in [0.15, 0.2) is 0 Å². The maximum Gasteiger partial charge on any atom is 0.119 e. The van der Waals surface area contributed by atoms with Gasteiger partial charge in [0.05, 0.1) is 7.11 Å². The fraction of sp³-hybridized carbons (Fsp3) is 0.500. The summed E-state index contributed by atoms with van der Waals surface area (Å²) in [4.78, 5) is 6.66. The van der Waals surface area contributed by atoms with Crippen LogP contribution in [0.15, 0.2) is 35.7 Å². The van der Waals surface area contributed by atoms with Crippen LogP contribution in [0, 0.1) is 0 Å². The summed E-state index contributed by atoms with van der Waals surface area (Å²) in [5.41, 5.74) is 2.88. The molecule has 128 valence electrons. The summed E-state index contributed by atoms with van der Waals surface area (Å²) in [7, 11) is 1.74. The van der Waals surface area contributed by atoms with Gasteiger partial charge < -0.3 is 4.74 Å². The number of likely N-dealkylation sites (tertiary alicyclic amines) is 2. The van der Waals surface area contributed by atoms with Crippen LogP contribution < -0.4 is 4.74 Å². The Morgan fingerprint density at radius 1 is 1.12 bits per heavy atom. The molecule has 2 aliphatic heterocycles. The van der Waals surface area contributed by atoms with Crippen molar-refractivity contribution in [3.8, 4) is 5.75 Å². The lowest BCUT2D eigenvalue weighted by Gasteiger charge is -2.41. The molecule has 2 fully saturated rings. The molecule has 0 N–H and O–H groups in total. The standard InChI is InChI=1S/C20H26N2OS/c1-23-18-6-4-5-17(12-18)20-7-10-22(20)14-19-11-16(15-24-19)13-21-8-2-3-9-21/h4-6,11-12,15,20H,2-3,7-10,13-14H2,1H3/t20-/m0/s1. The minimum Gasteiger partial charge on any atom is -0.497 e. The Balaban J connectivity index is 1.37. The summed E-state index contributed by atoms with van der Waals surface area (Å²) in [5.74, 6) is 0.961. The lowest BCUT2D eigenvalue weighted by atomic mass is 9.94. The fourth-order valence-electron chi connectivity index (χ4n) is 3.85. The van der Waals surface area contributed by atoms with E-state index in [0.29, 0.717) is 6.04 Å². The molecule has 1 aromatic heterocycles. The van der Waals surface area contributed by atoms with E-state index in [4.69, 9.17) is 4.74 Å².